The Kier molecular flexibility index (Phi) is 3.84. The molecule has 5 heteroatoms. The van der Waals surface area contributed by atoms with Crippen LogP contribution in [0.5, 0.6) is 0 Å². The first-order chi connectivity index (χ1) is 5.72. The number of azide groups is 1. The van der Waals surface area contributed by atoms with Gasteiger partial charge in [0.05, 0.1) is 6.54 Å². The maximum Gasteiger partial charge on any atom is 0.0511 e. The molecule has 0 N–H and O–H groups in total. The molecule has 0 radical (unpaired) electrons. The molecule has 12 heavy (non-hydrogen) atoms. The Labute approximate surface area is 92.1 Å². The van der Waals surface area contributed by atoms with E-state index in [1.807, 2.05) is 18.2 Å². The zero-order valence-electron chi connectivity index (χ0n) is 6.04. The Morgan fingerprint density at radius 1 is 1.50 bits per heavy atom. The topological polar surface area (TPSA) is 48.8 Å². The summed E-state index contributed by atoms with van der Waals surface area (Å²) in [7, 11) is 0. The van der Waals surface area contributed by atoms with Crippen molar-refractivity contribution >= 4 is 38.5 Å². The number of hydrogen-bond acceptors (Lipinski definition) is 1. The molecule has 1 aromatic carbocycles. The van der Waals surface area contributed by atoms with Crippen LogP contribution >= 0.6 is 38.5 Å². The van der Waals surface area contributed by atoms with E-state index in [-0.39, 0.29) is 0 Å². The zero-order valence-corrected chi connectivity index (χ0v) is 9.78. The van der Waals surface area contributed by atoms with Crippen LogP contribution in [-0.2, 0) is 6.54 Å². The summed E-state index contributed by atoms with van der Waals surface area (Å²) in [5.74, 6) is 0. The van der Waals surface area contributed by atoms with Crippen LogP contribution in [0.4, 0.5) is 0 Å². The molecule has 3 nitrogen and oxygen atoms in total. The van der Waals surface area contributed by atoms with Gasteiger partial charge < -0.3 is 0 Å². The molecule has 0 atom stereocenters. The highest BCUT2D eigenvalue weighted by Gasteiger charge is 1.95. The van der Waals surface area contributed by atoms with Gasteiger partial charge in [-0.1, -0.05) is 21.0 Å². The van der Waals surface area contributed by atoms with Gasteiger partial charge in [0.1, 0.15) is 0 Å². The fourth-order valence-electron chi connectivity index (χ4n) is 0.816. The third-order valence-electron chi connectivity index (χ3n) is 1.24. The third-order valence-corrected chi connectivity index (χ3v) is 2.32. The summed E-state index contributed by atoms with van der Waals surface area (Å²) in [6.45, 7) is 0.409. The molecule has 0 heterocycles. The largest absolute Gasteiger partial charge is 0.0893 e. The Morgan fingerprint density at radius 3 is 2.83 bits per heavy atom. The molecule has 1 rings (SSSR count). The average molecular weight is 338 g/mol. The Balaban J connectivity index is 2.92. The van der Waals surface area contributed by atoms with Gasteiger partial charge in [-0.2, -0.15) is 0 Å². The van der Waals surface area contributed by atoms with Crippen LogP contribution < -0.4 is 0 Å². The summed E-state index contributed by atoms with van der Waals surface area (Å²) in [6.07, 6.45) is 0. The van der Waals surface area contributed by atoms with Gasteiger partial charge in [0.15, 0.2) is 0 Å². The van der Waals surface area contributed by atoms with Gasteiger partial charge in [0.25, 0.3) is 0 Å². The predicted octanol–water partition coefficient (Wildman–Crippen LogP) is 3.86. The summed E-state index contributed by atoms with van der Waals surface area (Å²) in [4.78, 5) is 2.70. The quantitative estimate of drug-likeness (QED) is 0.340. The Bertz CT molecular complexity index is 313. The van der Waals surface area contributed by atoms with E-state index in [9.17, 15) is 0 Å². The summed E-state index contributed by atoms with van der Waals surface area (Å²) >= 11 is 5.58. The van der Waals surface area contributed by atoms with Crippen LogP contribution in [0.2, 0.25) is 0 Å². The first kappa shape index (κ1) is 9.83. The van der Waals surface area contributed by atoms with E-state index in [2.05, 4.69) is 48.5 Å². The molecule has 0 aliphatic rings. The molecular formula is C7H5BrIN3. The van der Waals surface area contributed by atoms with Crippen LogP contribution in [0.3, 0.4) is 0 Å². The van der Waals surface area contributed by atoms with Crippen LogP contribution in [0.1, 0.15) is 5.56 Å². The number of nitrogens with zero attached hydrogens (tertiary/aromatic N) is 3. The molecule has 62 valence electrons. The first-order valence-corrected chi connectivity index (χ1v) is 5.05. The van der Waals surface area contributed by atoms with Crippen LogP contribution in [0.25, 0.3) is 10.4 Å². The fourth-order valence-corrected chi connectivity index (χ4v) is 2.52. The van der Waals surface area contributed by atoms with Crippen molar-refractivity contribution in [1.29, 1.82) is 0 Å². The highest BCUT2D eigenvalue weighted by Crippen LogP contribution is 2.17. The summed E-state index contributed by atoms with van der Waals surface area (Å²) in [5, 5.41) is 3.48. The minimum Gasteiger partial charge on any atom is -0.0893 e. The number of halogens is 2. The molecule has 0 fully saturated rings. The van der Waals surface area contributed by atoms with Gasteiger partial charge in [-0.15, -0.1) is 0 Å². The second-order valence-corrected chi connectivity index (χ2v) is 4.33. The minimum atomic E-state index is 0.409. The molecule has 0 saturated carbocycles. The number of rotatable bonds is 2. The van der Waals surface area contributed by atoms with E-state index in [1.54, 1.807) is 0 Å². The molecular weight excluding hydrogens is 333 g/mol. The lowest BCUT2D eigenvalue weighted by Crippen LogP contribution is -1.82. The van der Waals surface area contributed by atoms with Crippen molar-refractivity contribution in [3.8, 4) is 0 Å². The highest BCUT2D eigenvalue weighted by atomic mass is 127. The molecule has 0 unspecified atom stereocenters. The highest BCUT2D eigenvalue weighted by molar-refractivity contribution is 14.1. The summed E-state index contributed by atoms with van der Waals surface area (Å²) in [5.41, 5.74) is 9.13. The van der Waals surface area contributed by atoms with Crippen molar-refractivity contribution in [1.82, 2.24) is 0 Å². The predicted molar refractivity (Wildman–Crippen MR) is 59.7 cm³/mol. The lowest BCUT2D eigenvalue weighted by atomic mass is 10.2. The summed E-state index contributed by atoms with van der Waals surface area (Å²) < 4.78 is 2.14. The third kappa shape index (κ3) is 3.00. The lowest BCUT2D eigenvalue weighted by Gasteiger charge is -1.98. The van der Waals surface area contributed by atoms with Gasteiger partial charge in [-0.25, -0.2) is 0 Å². The van der Waals surface area contributed by atoms with Crippen molar-refractivity contribution in [3.05, 3.63) is 42.2 Å². The van der Waals surface area contributed by atoms with Crippen LogP contribution in [0.15, 0.2) is 27.8 Å². The van der Waals surface area contributed by atoms with Gasteiger partial charge in [-0.05, 0) is 51.9 Å². The van der Waals surface area contributed by atoms with E-state index < -0.39 is 0 Å². The second kappa shape index (κ2) is 4.69. The van der Waals surface area contributed by atoms with Crippen molar-refractivity contribution in [2.24, 2.45) is 5.11 Å². The molecule has 0 aliphatic carbocycles. The van der Waals surface area contributed by atoms with Gasteiger partial charge in [0.2, 0.25) is 0 Å². The van der Waals surface area contributed by atoms with E-state index in [0.717, 1.165) is 13.6 Å². The lowest BCUT2D eigenvalue weighted by molar-refractivity contribution is 1.04. The fraction of sp³-hybridized carbons (Fsp3) is 0.143. The van der Waals surface area contributed by atoms with E-state index in [4.69, 9.17) is 5.53 Å². The SMILES string of the molecule is [N-]=[N+]=NCc1cc(Br)cc(I)c1. The Morgan fingerprint density at radius 2 is 2.25 bits per heavy atom. The summed E-state index contributed by atoms with van der Waals surface area (Å²) in [6, 6.07) is 5.93. The molecule has 1 aromatic rings. The monoisotopic (exact) mass is 337 g/mol. The van der Waals surface area contributed by atoms with Crippen molar-refractivity contribution in [2.45, 2.75) is 6.54 Å². The van der Waals surface area contributed by atoms with Crippen molar-refractivity contribution in [3.63, 3.8) is 0 Å². The smallest absolute Gasteiger partial charge is 0.0511 e. The van der Waals surface area contributed by atoms with Crippen LogP contribution in [0, 0.1) is 3.57 Å². The van der Waals surface area contributed by atoms with Crippen molar-refractivity contribution in [2.75, 3.05) is 0 Å². The second-order valence-electron chi connectivity index (χ2n) is 2.17. The van der Waals surface area contributed by atoms with Gasteiger partial charge in [0, 0.05) is 13.0 Å². The first-order valence-electron chi connectivity index (χ1n) is 3.18. The van der Waals surface area contributed by atoms with Crippen molar-refractivity contribution < 1.29 is 0 Å². The Hall–Kier alpha value is -0.260. The van der Waals surface area contributed by atoms with Gasteiger partial charge >= 0.3 is 0 Å². The molecule has 0 aromatic heterocycles. The van der Waals surface area contributed by atoms with Gasteiger partial charge in [-0.3, -0.25) is 0 Å². The zero-order chi connectivity index (χ0) is 8.97. The molecule has 0 aliphatic heterocycles. The maximum absolute atomic E-state index is 8.11. The average Bonchev–Trinajstić information content (AvgIpc) is 1.99. The van der Waals surface area contributed by atoms with E-state index >= 15 is 0 Å². The van der Waals surface area contributed by atoms with E-state index in [0.29, 0.717) is 6.54 Å². The minimum absolute atomic E-state index is 0.409. The van der Waals surface area contributed by atoms with Crippen LogP contribution in [-0.4, -0.2) is 0 Å². The molecule has 0 bridgehead atoms. The normalized spacial score (nSPS) is 9.17. The van der Waals surface area contributed by atoms with E-state index in [1.165, 1.54) is 0 Å². The molecule has 0 spiro atoms. The number of benzene rings is 1. The molecule has 0 saturated heterocycles. The maximum atomic E-state index is 8.11. The number of hydrogen-bond donors (Lipinski definition) is 0. The standard InChI is InChI=1S/C7H5BrIN3/c8-6-1-5(4-11-12-10)2-7(9)3-6/h1-3H,4H2. The molecule has 0 amide bonds.